The molecule has 0 saturated heterocycles. The van der Waals surface area contributed by atoms with Crippen LogP contribution in [0.25, 0.3) is 0 Å². The molecular weight excluding hydrogens is 231 g/mol. The van der Waals surface area contributed by atoms with E-state index < -0.39 is 29.6 Å². The van der Waals surface area contributed by atoms with Crippen molar-refractivity contribution in [3.8, 4) is 0 Å². The van der Waals surface area contributed by atoms with E-state index in [1.54, 1.807) is 0 Å². The van der Waals surface area contributed by atoms with Gasteiger partial charge in [0.15, 0.2) is 5.78 Å². The zero-order chi connectivity index (χ0) is 11.6. The highest BCUT2D eigenvalue weighted by Crippen LogP contribution is 2.34. The Bertz CT molecular complexity index is 389. The fraction of sp³-hybridized carbons (Fsp3) is 0.222. The lowest BCUT2D eigenvalue weighted by Crippen LogP contribution is -2.19. The Labute approximate surface area is 88.8 Å². The van der Waals surface area contributed by atoms with E-state index in [-0.39, 0.29) is 5.02 Å². The summed E-state index contributed by atoms with van der Waals surface area (Å²) < 4.78 is 37.4. The van der Waals surface area contributed by atoms with E-state index in [1.807, 2.05) is 0 Å². The van der Waals surface area contributed by atoms with Gasteiger partial charge in [-0.1, -0.05) is 17.7 Å². The molecule has 2 nitrogen and oxygen atoms in total. The third kappa shape index (κ3) is 2.49. The Morgan fingerprint density at radius 3 is 2.47 bits per heavy atom. The van der Waals surface area contributed by atoms with Gasteiger partial charge in [-0.05, 0) is 12.1 Å². The van der Waals surface area contributed by atoms with Crippen molar-refractivity contribution < 1.29 is 18.0 Å². The van der Waals surface area contributed by atoms with Gasteiger partial charge in [0.2, 0.25) is 0 Å². The average molecular weight is 238 g/mol. The van der Waals surface area contributed by atoms with E-state index in [4.69, 9.17) is 17.3 Å². The van der Waals surface area contributed by atoms with Crippen LogP contribution in [-0.2, 0) is 6.18 Å². The number of ketones is 1. The molecule has 15 heavy (non-hydrogen) atoms. The van der Waals surface area contributed by atoms with E-state index in [1.165, 1.54) is 6.07 Å². The van der Waals surface area contributed by atoms with Crippen LogP contribution in [0.4, 0.5) is 13.2 Å². The molecule has 0 unspecified atom stereocenters. The number of Topliss-reactive ketones (excluding diaryl/α,β-unsaturated/α-hetero) is 1. The number of hydrogen-bond acceptors (Lipinski definition) is 2. The molecule has 6 heteroatoms. The zero-order valence-corrected chi connectivity index (χ0v) is 8.19. The molecule has 0 saturated carbocycles. The Morgan fingerprint density at radius 2 is 2.00 bits per heavy atom. The molecule has 0 bridgehead atoms. The van der Waals surface area contributed by atoms with Crippen molar-refractivity contribution in [3.63, 3.8) is 0 Å². The monoisotopic (exact) mass is 237 g/mol. The van der Waals surface area contributed by atoms with Gasteiger partial charge in [-0.15, -0.1) is 0 Å². The van der Waals surface area contributed by atoms with Crippen LogP contribution < -0.4 is 5.73 Å². The first-order valence-electron chi connectivity index (χ1n) is 3.97. The van der Waals surface area contributed by atoms with Crippen LogP contribution in [0.1, 0.15) is 15.9 Å². The molecule has 0 aliphatic rings. The summed E-state index contributed by atoms with van der Waals surface area (Å²) in [6.07, 6.45) is -4.61. The first-order valence-corrected chi connectivity index (χ1v) is 4.34. The van der Waals surface area contributed by atoms with Gasteiger partial charge in [0, 0.05) is 5.56 Å². The van der Waals surface area contributed by atoms with Gasteiger partial charge in [0.05, 0.1) is 17.1 Å². The van der Waals surface area contributed by atoms with Crippen LogP contribution in [0.5, 0.6) is 0 Å². The van der Waals surface area contributed by atoms with Crippen molar-refractivity contribution >= 4 is 17.4 Å². The molecule has 0 atom stereocenters. The van der Waals surface area contributed by atoms with E-state index in [0.29, 0.717) is 0 Å². The van der Waals surface area contributed by atoms with Crippen molar-refractivity contribution in [2.75, 3.05) is 6.54 Å². The number of alkyl halides is 3. The fourth-order valence-electron chi connectivity index (χ4n) is 1.15. The molecule has 0 spiro atoms. The summed E-state index contributed by atoms with van der Waals surface area (Å²) in [5, 5.41) is -0.236. The van der Waals surface area contributed by atoms with E-state index >= 15 is 0 Å². The SMILES string of the molecule is NCC(=O)c1c(Cl)cccc1C(F)(F)F. The summed E-state index contributed by atoms with van der Waals surface area (Å²) >= 11 is 5.53. The highest BCUT2D eigenvalue weighted by atomic mass is 35.5. The predicted octanol–water partition coefficient (Wildman–Crippen LogP) is 2.50. The number of rotatable bonds is 2. The summed E-state index contributed by atoms with van der Waals surface area (Å²) in [7, 11) is 0. The van der Waals surface area contributed by atoms with Crippen LogP contribution in [0, 0.1) is 0 Å². The highest BCUT2D eigenvalue weighted by Gasteiger charge is 2.35. The number of nitrogens with two attached hydrogens (primary N) is 1. The van der Waals surface area contributed by atoms with Crippen LogP contribution >= 0.6 is 11.6 Å². The average Bonchev–Trinajstić information content (AvgIpc) is 2.15. The van der Waals surface area contributed by atoms with Gasteiger partial charge in [0.1, 0.15) is 0 Å². The molecule has 0 amide bonds. The van der Waals surface area contributed by atoms with Gasteiger partial charge < -0.3 is 5.73 Å². The van der Waals surface area contributed by atoms with Gasteiger partial charge in [-0.25, -0.2) is 0 Å². The summed E-state index contributed by atoms with van der Waals surface area (Å²) in [5.41, 5.74) is 3.40. The third-order valence-electron chi connectivity index (χ3n) is 1.78. The molecular formula is C9H7ClF3NO. The molecule has 1 aromatic carbocycles. The number of carbonyl (C=O) groups is 1. The Kier molecular flexibility index (Phi) is 3.36. The van der Waals surface area contributed by atoms with Gasteiger partial charge in [-0.2, -0.15) is 13.2 Å². The summed E-state index contributed by atoms with van der Waals surface area (Å²) in [5.74, 6) is -0.826. The van der Waals surface area contributed by atoms with Crippen LogP contribution in [0.15, 0.2) is 18.2 Å². The second kappa shape index (κ2) is 4.20. The zero-order valence-electron chi connectivity index (χ0n) is 7.44. The normalized spacial score (nSPS) is 11.5. The smallest absolute Gasteiger partial charge is 0.324 e. The van der Waals surface area contributed by atoms with Crippen LogP contribution in [0.2, 0.25) is 5.02 Å². The molecule has 0 fully saturated rings. The molecule has 1 aromatic rings. The van der Waals surface area contributed by atoms with E-state index in [0.717, 1.165) is 12.1 Å². The number of halogens is 4. The first-order chi connectivity index (χ1) is 6.88. The first kappa shape index (κ1) is 12.0. The van der Waals surface area contributed by atoms with Crippen molar-refractivity contribution in [2.24, 2.45) is 5.73 Å². The van der Waals surface area contributed by atoms with Crippen molar-refractivity contribution in [2.45, 2.75) is 6.18 Å². The van der Waals surface area contributed by atoms with Gasteiger partial charge in [0.25, 0.3) is 0 Å². The fourth-order valence-corrected chi connectivity index (χ4v) is 1.43. The molecule has 1 rings (SSSR count). The molecule has 0 heterocycles. The summed E-state index contributed by atoms with van der Waals surface area (Å²) in [4.78, 5) is 11.2. The topological polar surface area (TPSA) is 43.1 Å². The Hall–Kier alpha value is -1.07. The maximum Gasteiger partial charge on any atom is 0.417 e. The largest absolute Gasteiger partial charge is 0.417 e. The van der Waals surface area contributed by atoms with Gasteiger partial charge >= 0.3 is 6.18 Å². The number of hydrogen-bond donors (Lipinski definition) is 1. The number of carbonyl (C=O) groups excluding carboxylic acids is 1. The summed E-state index contributed by atoms with van der Waals surface area (Å²) in [6.45, 7) is -0.507. The van der Waals surface area contributed by atoms with Crippen molar-refractivity contribution in [3.05, 3.63) is 34.3 Å². The minimum atomic E-state index is -4.61. The molecule has 82 valence electrons. The maximum atomic E-state index is 12.5. The quantitative estimate of drug-likeness (QED) is 0.803. The minimum Gasteiger partial charge on any atom is -0.324 e. The van der Waals surface area contributed by atoms with Gasteiger partial charge in [-0.3, -0.25) is 4.79 Å². The third-order valence-corrected chi connectivity index (χ3v) is 2.10. The van der Waals surface area contributed by atoms with Crippen molar-refractivity contribution in [1.29, 1.82) is 0 Å². The van der Waals surface area contributed by atoms with Crippen LogP contribution in [0.3, 0.4) is 0 Å². The van der Waals surface area contributed by atoms with Crippen molar-refractivity contribution in [1.82, 2.24) is 0 Å². The molecule has 0 aliphatic heterocycles. The number of benzene rings is 1. The molecule has 2 N–H and O–H groups in total. The van der Waals surface area contributed by atoms with E-state index in [9.17, 15) is 18.0 Å². The lowest BCUT2D eigenvalue weighted by Gasteiger charge is -2.12. The second-order valence-electron chi connectivity index (χ2n) is 2.79. The summed E-state index contributed by atoms with van der Waals surface area (Å²) in [6, 6.07) is 3.16. The highest BCUT2D eigenvalue weighted by molar-refractivity contribution is 6.34. The maximum absolute atomic E-state index is 12.5. The standard InChI is InChI=1S/C9H7ClF3NO/c10-6-3-1-2-5(9(11,12)13)8(6)7(15)4-14/h1-3H,4,14H2. The lowest BCUT2D eigenvalue weighted by atomic mass is 10.0. The molecule has 0 radical (unpaired) electrons. The lowest BCUT2D eigenvalue weighted by molar-refractivity contribution is -0.137. The second-order valence-corrected chi connectivity index (χ2v) is 3.19. The predicted molar refractivity (Wildman–Crippen MR) is 49.8 cm³/mol. The Morgan fingerprint density at radius 1 is 1.40 bits per heavy atom. The van der Waals surface area contributed by atoms with Crippen LogP contribution in [-0.4, -0.2) is 12.3 Å². The van der Waals surface area contributed by atoms with E-state index in [2.05, 4.69) is 0 Å². The minimum absolute atomic E-state index is 0.236. The molecule has 0 aromatic heterocycles. The molecule has 0 aliphatic carbocycles. The Balaban J connectivity index is 3.40.